The van der Waals surface area contributed by atoms with Gasteiger partial charge in [-0.1, -0.05) is 0 Å². The maximum atomic E-state index is 12.9. The number of nitrogens with one attached hydrogen (secondary N) is 1. The van der Waals surface area contributed by atoms with Crippen LogP contribution in [0.5, 0.6) is 0 Å². The molecule has 1 saturated heterocycles. The van der Waals surface area contributed by atoms with Crippen LogP contribution in [-0.2, 0) is 12.7 Å². The van der Waals surface area contributed by atoms with Crippen LogP contribution >= 0.6 is 0 Å². The van der Waals surface area contributed by atoms with Crippen LogP contribution in [0.15, 0.2) is 12.3 Å². The van der Waals surface area contributed by atoms with Gasteiger partial charge in [-0.3, -0.25) is 4.79 Å². The molecule has 0 radical (unpaired) electrons. The van der Waals surface area contributed by atoms with Crippen molar-refractivity contribution >= 4 is 12.0 Å². The summed E-state index contributed by atoms with van der Waals surface area (Å²) in [7, 11) is 0. The Kier molecular flexibility index (Phi) is 6.37. The van der Waals surface area contributed by atoms with Crippen molar-refractivity contribution in [1.82, 2.24) is 30.2 Å². The number of hydrogen-bond donors (Lipinski definition) is 2. The molecule has 3 heterocycles. The number of aryl methyl sites for hydroxylation is 2. The van der Waals surface area contributed by atoms with Gasteiger partial charge in [0.05, 0.1) is 29.2 Å². The largest absolute Gasteiger partial charge is 0.465 e. The van der Waals surface area contributed by atoms with Crippen molar-refractivity contribution in [1.29, 1.82) is 0 Å². The number of likely N-dealkylation sites (tertiary alicyclic amines) is 1. The van der Waals surface area contributed by atoms with Gasteiger partial charge in [-0.2, -0.15) is 13.2 Å². The molecule has 31 heavy (non-hydrogen) atoms. The summed E-state index contributed by atoms with van der Waals surface area (Å²) in [5.74, 6) is -1.46. The molecule has 2 N–H and O–H groups in total. The Morgan fingerprint density at radius 2 is 1.87 bits per heavy atom. The van der Waals surface area contributed by atoms with Crippen molar-refractivity contribution in [2.45, 2.75) is 45.3 Å². The second-order valence-corrected chi connectivity index (χ2v) is 7.21. The van der Waals surface area contributed by atoms with E-state index >= 15 is 0 Å². The zero-order chi connectivity index (χ0) is 22.8. The number of rotatable bonds is 4. The predicted octanol–water partition coefficient (Wildman–Crippen LogP) is 2.69. The van der Waals surface area contributed by atoms with Crippen LogP contribution in [0.3, 0.4) is 0 Å². The van der Waals surface area contributed by atoms with E-state index in [4.69, 9.17) is 5.11 Å². The summed E-state index contributed by atoms with van der Waals surface area (Å²) < 4.78 is 38.4. The summed E-state index contributed by atoms with van der Waals surface area (Å²) in [4.78, 5) is 40.7. The average molecular weight is 438 g/mol. The fraction of sp³-hybridized carbons (Fsp3) is 0.474. The number of aromatic nitrogens is 4. The first-order chi connectivity index (χ1) is 14.6. The van der Waals surface area contributed by atoms with Crippen LogP contribution in [0.2, 0.25) is 0 Å². The Bertz CT molecular complexity index is 990. The smallest absolute Gasteiger partial charge is 0.451 e. The minimum Gasteiger partial charge on any atom is -0.465 e. The second-order valence-electron chi connectivity index (χ2n) is 7.21. The molecule has 1 fully saturated rings. The van der Waals surface area contributed by atoms with Crippen LogP contribution in [0.25, 0.3) is 0 Å². The summed E-state index contributed by atoms with van der Waals surface area (Å²) in [5, 5.41) is 11.7. The number of piperidine rings is 1. The van der Waals surface area contributed by atoms with Crippen LogP contribution < -0.4 is 5.32 Å². The van der Waals surface area contributed by atoms with E-state index in [0.717, 1.165) is 6.20 Å². The third-order valence-electron chi connectivity index (χ3n) is 5.01. The molecule has 3 rings (SSSR count). The third kappa shape index (κ3) is 5.25. The molecule has 9 nitrogen and oxygen atoms in total. The van der Waals surface area contributed by atoms with Gasteiger partial charge in [0.1, 0.15) is 5.82 Å². The van der Waals surface area contributed by atoms with Gasteiger partial charge in [-0.25, -0.2) is 24.7 Å². The van der Waals surface area contributed by atoms with Crippen molar-refractivity contribution in [2.75, 3.05) is 13.1 Å². The maximum absolute atomic E-state index is 12.9. The zero-order valence-electron chi connectivity index (χ0n) is 16.9. The molecule has 0 aliphatic carbocycles. The quantitative estimate of drug-likeness (QED) is 0.753. The molecule has 0 bridgehead atoms. The summed E-state index contributed by atoms with van der Waals surface area (Å²) in [6, 6.07) is 1.29. The highest BCUT2D eigenvalue weighted by molar-refractivity contribution is 5.96. The highest BCUT2D eigenvalue weighted by Crippen LogP contribution is 2.30. The number of hydrogen-bond acceptors (Lipinski definition) is 6. The number of nitrogens with zero attached hydrogens (tertiary/aromatic N) is 5. The Morgan fingerprint density at radius 1 is 1.19 bits per heavy atom. The van der Waals surface area contributed by atoms with E-state index < -0.39 is 24.0 Å². The highest BCUT2D eigenvalue weighted by Gasteiger charge is 2.34. The van der Waals surface area contributed by atoms with Crippen LogP contribution in [0, 0.1) is 13.8 Å². The van der Waals surface area contributed by atoms with E-state index in [-0.39, 0.29) is 23.7 Å². The molecule has 0 spiro atoms. The first kappa shape index (κ1) is 22.4. The number of halogens is 3. The fourth-order valence-corrected chi connectivity index (χ4v) is 3.55. The van der Waals surface area contributed by atoms with Gasteiger partial charge in [0.15, 0.2) is 0 Å². The molecule has 0 atom stereocenters. The van der Waals surface area contributed by atoms with Crippen LogP contribution in [-0.4, -0.2) is 55.0 Å². The van der Waals surface area contributed by atoms with Gasteiger partial charge >= 0.3 is 12.3 Å². The van der Waals surface area contributed by atoms with E-state index in [1.165, 1.54) is 11.0 Å². The third-order valence-corrected chi connectivity index (χ3v) is 5.01. The van der Waals surface area contributed by atoms with Crippen molar-refractivity contribution in [3.8, 4) is 0 Å². The molecule has 0 unspecified atom stereocenters. The van der Waals surface area contributed by atoms with Gasteiger partial charge in [0, 0.05) is 25.2 Å². The number of carbonyl (C=O) groups excluding carboxylic acids is 1. The second kappa shape index (κ2) is 8.82. The van der Waals surface area contributed by atoms with E-state index in [1.54, 1.807) is 13.8 Å². The zero-order valence-corrected chi connectivity index (χ0v) is 16.9. The lowest BCUT2D eigenvalue weighted by atomic mass is 9.89. The van der Waals surface area contributed by atoms with Gasteiger partial charge < -0.3 is 15.3 Å². The molecule has 1 aliphatic heterocycles. The highest BCUT2D eigenvalue weighted by atomic mass is 19.4. The molecule has 166 valence electrons. The molecule has 2 aromatic rings. The van der Waals surface area contributed by atoms with Crippen molar-refractivity contribution in [3.63, 3.8) is 0 Å². The summed E-state index contributed by atoms with van der Waals surface area (Å²) in [6.45, 7) is 3.78. The maximum Gasteiger partial charge on any atom is 0.451 e. The molecule has 0 saturated carbocycles. The monoisotopic (exact) mass is 438 g/mol. The number of carbonyl (C=O) groups is 2. The normalized spacial score (nSPS) is 15.1. The number of alkyl halides is 3. The first-order valence-corrected chi connectivity index (χ1v) is 9.56. The topological polar surface area (TPSA) is 121 Å². The van der Waals surface area contributed by atoms with E-state index in [0.29, 0.717) is 43.1 Å². The number of carboxylic acid groups (broad SMARTS) is 1. The lowest BCUT2D eigenvalue weighted by Crippen LogP contribution is -2.37. The summed E-state index contributed by atoms with van der Waals surface area (Å²) in [5.41, 5.74) is 1.23. The van der Waals surface area contributed by atoms with Gasteiger partial charge in [-0.15, -0.1) is 0 Å². The molecule has 2 aromatic heterocycles. The van der Waals surface area contributed by atoms with Gasteiger partial charge in [-0.05, 0) is 32.8 Å². The minimum absolute atomic E-state index is 0.0117. The van der Waals surface area contributed by atoms with Gasteiger partial charge in [0.2, 0.25) is 5.82 Å². The molecule has 2 amide bonds. The molecular formula is C19H21F3N6O3. The molecule has 1 aliphatic rings. The minimum atomic E-state index is -4.68. The molecular weight excluding hydrogens is 417 g/mol. The number of amides is 2. The average Bonchev–Trinajstić information content (AvgIpc) is 2.71. The van der Waals surface area contributed by atoms with Gasteiger partial charge in [0.25, 0.3) is 5.91 Å². The Hall–Kier alpha value is -3.31. The fourth-order valence-electron chi connectivity index (χ4n) is 3.55. The first-order valence-electron chi connectivity index (χ1n) is 9.56. The lowest BCUT2D eigenvalue weighted by molar-refractivity contribution is -0.145. The van der Waals surface area contributed by atoms with Crippen LogP contribution in [0.4, 0.5) is 18.0 Å². The SMILES string of the molecule is Cc1nc(C)c(C(=O)NCc2ccnc(C(F)(F)F)n2)c(C2CCN(C(=O)O)CC2)n1. The van der Waals surface area contributed by atoms with Crippen LogP contribution in [0.1, 0.15) is 57.8 Å². The van der Waals surface area contributed by atoms with E-state index in [2.05, 4.69) is 25.3 Å². The lowest BCUT2D eigenvalue weighted by Gasteiger charge is -2.30. The summed E-state index contributed by atoms with van der Waals surface area (Å²) in [6.07, 6.45) is -3.68. The van der Waals surface area contributed by atoms with Crippen molar-refractivity contribution in [2.24, 2.45) is 0 Å². The Morgan fingerprint density at radius 3 is 2.48 bits per heavy atom. The van der Waals surface area contributed by atoms with Crippen molar-refractivity contribution in [3.05, 3.63) is 46.6 Å². The molecule has 12 heteroatoms. The Balaban J connectivity index is 1.79. The Labute approximate surface area is 175 Å². The molecule has 0 aromatic carbocycles. The standard InChI is InChI=1S/C19H21F3N6O3/c1-10-14(16(29)24-9-13-3-6-23-17(27-13)19(20,21)22)15(26-11(2)25-10)12-4-7-28(8-5-12)18(30)31/h3,6,12H,4-5,7-9H2,1-2H3,(H,24,29)(H,30,31). The summed E-state index contributed by atoms with van der Waals surface area (Å²) >= 11 is 0. The predicted molar refractivity (Wildman–Crippen MR) is 101 cm³/mol. The van der Waals surface area contributed by atoms with E-state index in [9.17, 15) is 22.8 Å². The van der Waals surface area contributed by atoms with Crippen molar-refractivity contribution < 1.29 is 27.9 Å². The van der Waals surface area contributed by atoms with E-state index in [1.807, 2.05) is 0 Å².